The molecule has 3 heterocycles. The number of hydrogen-bond donors (Lipinski definition) is 0. The highest BCUT2D eigenvalue weighted by Crippen LogP contribution is 2.29. The highest BCUT2D eigenvalue weighted by Gasteiger charge is 2.31. The number of ether oxygens (including phenoxy) is 1. The maximum Gasteiger partial charge on any atom is 0.311 e. The molecule has 7 nitrogen and oxygen atoms in total. The summed E-state index contributed by atoms with van der Waals surface area (Å²) in [4.78, 5) is 19.6. The third kappa shape index (κ3) is 3.05. The molecule has 0 N–H and O–H groups in total. The molecule has 0 spiro atoms. The fourth-order valence-electron chi connectivity index (χ4n) is 3.47. The summed E-state index contributed by atoms with van der Waals surface area (Å²) >= 11 is 0. The molecule has 0 aliphatic carbocycles. The van der Waals surface area contributed by atoms with Gasteiger partial charge in [0.05, 0.1) is 18.1 Å². The normalized spacial score (nSPS) is 24.4. The molecular formula is C15H22N4O3. The van der Waals surface area contributed by atoms with Crippen molar-refractivity contribution >= 4 is 11.5 Å². The zero-order valence-corrected chi connectivity index (χ0v) is 12.9. The van der Waals surface area contributed by atoms with Gasteiger partial charge in [0.15, 0.2) is 0 Å². The number of morpholine rings is 1. The van der Waals surface area contributed by atoms with Gasteiger partial charge in [-0.25, -0.2) is 4.98 Å². The summed E-state index contributed by atoms with van der Waals surface area (Å²) < 4.78 is 5.50. The van der Waals surface area contributed by atoms with Crippen molar-refractivity contribution in [2.75, 3.05) is 37.7 Å². The van der Waals surface area contributed by atoms with Crippen LogP contribution in [0.3, 0.4) is 0 Å². The van der Waals surface area contributed by atoms with Crippen LogP contribution in [0.2, 0.25) is 0 Å². The van der Waals surface area contributed by atoms with E-state index in [1.807, 2.05) is 4.90 Å². The molecule has 2 saturated heterocycles. The van der Waals surface area contributed by atoms with E-state index in [-0.39, 0.29) is 10.6 Å². The minimum atomic E-state index is -0.349. The fraction of sp³-hybridized carbons (Fsp3) is 0.667. The summed E-state index contributed by atoms with van der Waals surface area (Å²) in [5, 5.41) is 11.1. The fourth-order valence-corrected chi connectivity index (χ4v) is 3.47. The maximum absolute atomic E-state index is 11.1. The van der Waals surface area contributed by atoms with E-state index in [0.717, 1.165) is 45.7 Å². The number of hydrogen-bond acceptors (Lipinski definition) is 6. The van der Waals surface area contributed by atoms with Crippen molar-refractivity contribution in [3.8, 4) is 0 Å². The summed E-state index contributed by atoms with van der Waals surface area (Å²) in [5.74, 6) is 0.501. The number of pyridine rings is 1. The van der Waals surface area contributed by atoms with Crippen LogP contribution in [0.4, 0.5) is 11.5 Å². The first-order chi connectivity index (χ1) is 10.7. The molecule has 22 heavy (non-hydrogen) atoms. The van der Waals surface area contributed by atoms with Gasteiger partial charge in [-0.3, -0.25) is 15.0 Å². The Labute approximate surface area is 130 Å². The molecule has 0 saturated carbocycles. The third-order valence-corrected chi connectivity index (χ3v) is 4.61. The maximum atomic E-state index is 11.1. The summed E-state index contributed by atoms with van der Waals surface area (Å²) in [6.07, 6.45) is 3.65. The summed E-state index contributed by atoms with van der Waals surface area (Å²) in [6.45, 7) is 6.41. The second-order valence-electron chi connectivity index (χ2n) is 5.98. The van der Waals surface area contributed by atoms with Crippen LogP contribution in [-0.4, -0.2) is 59.7 Å². The van der Waals surface area contributed by atoms with Crippen molar-refractivity contribution in [2.45, 2.75) is 31.8 Å². The number of nitrogens with zero attached hydrogens (tertiary/aromatic N) is 4. The minimum Gasteiger partial charge on any atom is -0.379 e. The van der Waals surface area contributed by atoms with E-state index in [1.165, 1.54) is 6.07 Å². The average molecular weight is 306 g/mol. The lowest BCUT2D eigenvalue weighted by Gasteiger charge is -2.43. The van der Waals surface area contributed by atoms with Crippen LogP contribution < -0.4 is 4.90 Å². The van der Waals surface area contributed by atoms with Gasteiger partial charge in [0.1, 0.15) is 0 Å². The van der Waals surface area contributed by atoms with E-state index in [2.05, 4.69) is 16.8 Å². The lowest BCUT2D eigenvalue weighted by atomic mass is 10.0. The van der Waals surface area contributed by atoms with Gasteiger partial charge in [-0.1, -0.05) is 0 Å². The zero-order valence-electron chi connectivity index (χ0n) is 12.9. The molecule has 2 aliphatic rings. The first-order valence-electron chi connectivity index (χ1n) is 7.84. The molecule has 0 radical (unpaired) electrons. The van der Waals surface area contributed by atoms with Gasteiger partial charge < -0.3 is 9.64 Å². The van der Waals surface area contributed by atoms with Crippen LogP contribution >= 0.6 is 0 Å². The predicted molar refractivity (Wildman–Crippen MR) is 83.1 cm³/mol. The Balaban J connectivity index is 1.66. The molecule has 1 atom stereocenters. The monoisotopic (exact) mass is 306 g/mol. The SMILES string of the molecule is CC1COCCN1C1CCN(c2ncccc2[N+](=O)[O-])CC1. The number of rotatable bonds is 3. The molecule has 1 unspecified atom stereocenters. The Bertz CT molecular complexity index is 531. The molecule has 2 fully saturated rings. The van der Waals surface area contributed by atoms with Gasteiger partial charge in [0, 0.05) is 44.0 Å². The molecule has 120 valence electrons. The molecule has 3 rings (SSSR count). The first kappa shape index (κ1) is 15.2. The topological polar surface area (TPSA) is 71.7 Å². The molecule has 2 aliphatic heterocycles. The lowest BCUT2D eigenvalue weighted by Crippen LogP contribution is -2.53. The highest BCUT2D eigenvalue weighted by atomic mass is 16.6. The van der Waals surface area contributed by atoms with Crippen molar-refractivity contribution in [2.24, 2.45) is 0 Å². The van der Waals surface area contributed by atoms with Crippen LogP contribution in [0.25, 0.3) is 0 Å². The molecule has 1 aromatic heterocycles. The number of piperidine rings is 1. The Morgan fingerprint density at radius 1 is 1.36 bits per heavy atom. The van der Waals surface area contributed by atoms with E-state index in [9.17, 15) is 10.1 Å². The van der Waals surface area contributed by atoms with E-state index in [4.69, 9.17) is 4.74 Å². The molecule has 0 bridgehead atoms. The van der Waals surface area contributed by atoms with Gasteiger partial charge >= 0.3 is 5.69 Å². The number of nitro groups is 1. The summed E-state index contributed by atoms with van der Waals surface area (Å²) in [7, 11) is 0. The largest absolute Gasteiger partial charge is 0.379 e. The molecular weight excluding hydrogens is 284 g/mol. The molecule has 0 aromatic carbocycles. The second-order valence-corrected chi connectivity index (χ2v) is 5.98. The Morgan fingerprint density at radius 3 is 2.82 bits per heavy atom. The van der Waals surface area contributed by atoms with Crippen molar-refractivity contribution in [1.82, 2.24) is 9.88 Å². The second kappa shape index (κ2) is 6.58. The highest BCUT2D eigenvalue weighted by molar-refractivity contribution is 5.57. The van der Waals surface area contributed by atoms with E-state index in [1.54, 1.807) is 12.3 Å². The minimum absolute atomic E-state index is 0.0979. The molecule has 7 heteroatoms. The Kier molecular flexibility index (Phi) is 4.54. The van der Waals surface area contributed by atoms with Crippen LogP contribution in [0.5, 0.6) is 0 Å². The van der Waals surface area contributed by atoms with Gasteiger partial charge in [0.25, 0.3) is 0 Å². The zero-order chi connectivity index (χ0) is 15.5. The number of aromatic nitrogens is 1. The first-order valence-corrected chi connectivity index (χ1v) is 7.84. The van der Waals surface area contributed by atoms with E-state index in [0.29, 0.717) is 17.9 Å². The van der Waals surface area contributed by atoms with Crippen molar-refractivity contribution in [3.63, 3.8) is 0 Å². The average Bonchev–Trinajstić information content (AvgIpc) is 2.55. The van der Waals surface area contributed by atoms with E-state index < -0.39 is 0 Å². The van der Waals surface area contributed by atoms with Crippen molar-refractivity contribution < 1.29 is 9.66 Å². The van der Waals surface area contributed by atoms with Crippen LogP contribution in [0, 0.1) is 10.1 Å². The van der Waals surface area contributed by atoms with Crippen molar-refractivity contribution in [3.05, 3.63) is 28.4 Å². The standard InChI is InChI=1S/C15H22N4O3/c1-12-11-22-10-9-18(12)13-4-7-17(8-5-13)15-14(19(20)21)3-2-6-16-15/h2-3,6,12-13H,4-5,7-11H2,1H3. The van der Waals surface area contributed by atoms with Gasteiger partial charge in [-0.15, -0.1) is 0 Å². The lowest BCUT2D eigenvalue weighted by molar-refractivity contribution is -0.384. The Morgan fingerprint density at radius 2 is 2.14 bits per heavy atom. The molecule has 0 amide bonds. The third-order valence-electron chi connectivity index (χ3n) is 4.61. The summed E-state index contributed by atoms with van der Waals surface area (Å²) in [6, 6.07) is 4.13. The van der Waals surface area contributed by atoms with Crippen LogP contribution in [0.15, 0.2) is 18.3 Å². The number of anilines is 1. The van der Waals surface area contributed by atoms with Crippen LogP contribution in [0.1, 0.15) is 19.8 Å². The molecule has 1 aromatic rings. The van der Waals surface area contributed by atoms with E-state index >= 15 is 0 Å². The summed E-state index contributed by atoms with van der Waals surface area (Å²) in [5.41, 5.74) is 0.0979. The predicted octanol–water partition coefficient (Wildman–Crippen LogP) is 1.68. The van der Waals surface area contributed by atoms with Crippen molar-refractivity contribution in [1.29, 1.82) is 0 Å². The quantitative estimate of drug-likeness (QED) is 0.625. The van der Waals surface area contributed by atoms with Gasteiger partial charge in [-0.2, -0.15) is 0 Å². The Hall–Kier alpha value is -1.73. The van der Waals surface area contributed by atoms with Gasteiger partial charge in [0.2, 0.25) is 5.82 Å². The smallest absolute Gasteiger partial charge is 0.311 e. The van der Waals surface area contributed by atoms with Gasteiger partial charge in [-0.05, 0) is 25.8 Å². The van der Waals surface area contributed by atoms with Crippen LogP contribution in [-0.2, 0) is 4.74 Å².